The summed E-state index contributed by atoms with van der Waals surface area (Å²) in [6, 6.07) is 3.92. The molecule has 0 aromatic carbocycles. The summed E-state index contributed by atoms with van der Waals surface area (Å²) in [4.78, 5) is 12.8. The summed E-state index contributed by atoms with van der Waals surface area (Å²) < 4.78 is 0. The van der Waals surface area contributed by atoms with Crippen molar-refractivity contribution >= 4 is 22.8 Å². The molecule has 0 N–H and O–H groups in total. The first-order chi connectivity index (χ1) is 7.79. The molecule has 3 nitrogen and oxygen atoms in total. The van der Waals surface area contributed by atoms with E-state index in [1.807, 2.05) is 12.1 Å². The first-order valence-corrected chi connectivity index (χ1v) is 5.94. The van der Waals surface area contributed by atoms with Gasteiger partial charge >= 0.3 is 0 Å². The molecule has 0 spiro atoms. The molecule has 1 atom stereocenters. The van der Waals surface area contributed by atoms with Gasteiger partial charge in [-0.25, -0.2) is 9.97 Å². The summed E-state index contributed by atoms with van der Waals surface area (Å²) in [6.07, 6.45) is 6.24. The average Bonchev–Trinajstić information content (AvgIpc) is 2.29. The quantitative estimate of drug-likeness (QED) is 0.765. The van der Waals surface area contributed by atoms with E-state index in [0.717, 1.165) is 30.5 Å². The van der Waals surface area contributed by atoms with Gasteiger partial charge in [-0.15, -0.1) is 11.6 Å². The number of aromatic nitrogens is 3. The highest BCUT2D eigenvalue weighted by atomic mass is 35.5. The molecular formula is C12H14ClN3. The third-order valence-electron chi connectivity index (χ3n) is 2.42. The smallest absolute Gasteiger partial charge is 0.178 e. The van der Waals surface area contributed by atoms with Crippen LogP contribution in [0.2, 0.25) is 0 Å². The summed E-state index contributed by atoms with van der Waals surface area (Å²) >= 11 is 6.19. The third kappa shape index (κ3) is 2.67. The average molecular weight is 236 g/mol. The molecule has 2 heterocycles. The summed E-state index contributed by atoms with van der Waals surface area (Å²) in [5.74, 6) is 0. The van der Waals surface area contributed by atoms with Gasteiger partial charge in [0.1, 0.15) is 5.52 Å². The summed E-state index contributed by atoms with van der Waals surface area (Å²) in [7, 11) is 0. The highest BCUT2D eigenvalue weighted by molar-refractivity contribution is 6.20. The fourth-order valence-electron chi connectivity index (χ4n) is 1.65. The lowest BCUT2D eigenvalue weighted by molar-refractivity contribution is 0.717. The number of hydrogen-bond donors (Lipinski definition) is 0. The van der Waals surface area contributed by atoms with Gasteiger partial charge in [0.25, 0.3) is 0 Å². The van der Waals surface area contributed by atoms with E-state index in [4.69, 9.17) is 11.6 Å². The number of pyridine rings is 1. The minimum Gasteiger partial charge on any atom is -0.251 e. The SMILES string of the molecule is CCCC(Cl)Cc1ccc2nccnc2n1. The molecule has 0 bridgehead atoms. The van der Waals surface area contributed by atoms with Crippen molar-refractivity contribution in [2.45, 2.75) is 31.6 Å². The zero-order valence-electron chi connectivity index (χ0n) is 9.23. The molecule has 4 heteroatoms. The first kappa shape index (κ1) is 11.3. The summed E-state index contributed by atoms with van der Waals surface area (Å²) in [6.45, 7) is 2.13. The van der Waals surface area contributed by atoms with Crippen LogP contribution in [0.25, 0.3) is 11.2 Å². The van der Waals surface area contributed by atoms with Crippen molar-refractivity contribution < 1.29 is 0 Å². The number of fused-ring (bicyclic) bond motifs is 1. The molecule has 0 amide bonds. The highest BCUT2D eigenvalue weighted by Gasteiger charge is 2.07. The van der Waals surface area contributed by atoms with E-state index < -0.39 is 0 Å². The number of alkyl halides is 1. The summed E-state index contributed by atoms with van der Waals surface area (Å²) in [5, 5.41) is 0.159. The molecule has 0 saturated heterocycles. The van der Waals surface area contributed by atoms with Crippen LogP contribution >= 0.6 is 11.6 Å². The van der Waals surface area contributed by atoms with E-state index in [-0.39, 0.29) is 5.38 Å². The Balaban J connectivity index is 2.19. The van der Waals surface area contributed by atoms with Crippen LogP contribution in [-0.4, -0.2) is 20.3 Å². The van der Waals surface area contributed by atoms with Gasteiger partial charge in [-0.05, 0) is 18.6 Å². The van der Waals surface area contributed by atoms with Crippen molar-refractivity contribution in [2.24, 2.45) is 0 Å². The van der Waals surface area contributed by atoms with Gasteiger partial charge in [-0.1, -0.05) is 13.3 Å². The van der Waals surface area contributed by atoms with Gasteiger partial charge < -0.3 is 0 Å². The van der Waals surface area contributed by atoms with Crippen LogP contribution in [0.3, 0.4) is 0 Å². The van der Waals surface area contributed by atoms with E-state index in [1.165, 1.54) is 0 Å². The predicted octanol–water partition coefficient (Wildman–Crippen LogP) is 2.97. The molecule has 2 aromatic rings. The highest BCUT2D eigenvalue weighted by Crippen LogP contribution is 2.13. The third-order valence-corrected chi connectivity index (χ3v) is 2.79. The molecule has 16 heavy (non-hydrogen) atoms. The normalized spacial score (nSPS) is 12.9. The summed E-state index contributed by atoms with van der Waals surface area (Å²) in [5.41, 5.74) is 2.51. The number of hydrogen-bond acceptors (Lipinski definition) is 3. The van der Waals surface area contributed by atoms with Gasteiger partial charge in [-0.3, -0.25) is 4.98 Å². The molecule has 1 unspecified atom stereocenters. The van der Waals surface area contributed by atoms with Gasteiger partial charge in [0.15, 0.2) is 5.65 Å². The largest absolute Gasteiger partial charge is 0.251 e. The Kier molecular flexibility index (Phi) is 3.67. The van der Waals surface area contributed by atoms with E-state index in [0.29, 0.717) is 5.65 Å². The zero-order chi connectivity index (χ0) is 11.4. The first-order valence-electron chi connectivity index (χ1n) is 5.50. The Bertz CT molecular complexity index is 473. The number of rotatable bonds is 4. The fraction of sp³-hybridized carbons (Fsp3) is 0.417. The van der Waals surface area contributed by atoms with Crippen LogP contribution in [-0.2, 0) is 6.42 Å². The van der Waals surface area contributed by atoms with E-state index >= 15 is 0 Å². The monoisotopic (exact) mass is 235 g/mol. The van der Waals surface area contributed by atoms with Crippen LogP contribution < -0.4 is 0 Å². The van der Waals surface area contributed by atoms with Gasteiger partial charge in [-0.2, -0.15) is 0 Å². The molecule has 2 rings (SSSR count). The lowest BCUT2D eigenvalue weighted by Gasteiger charge is -2.07. The van der Waals surface area contributed by atoms with Crippen LogP contribution in [0, 0.1) is 0 Å². The molecule has 0 fully saturated rings. The Labute approximate surface area is 99.9 Å². The fourth-order valence-corrected chi connectivity index (χ4v) is 2.03. The second-order valence-electron chi connectivity index (χ2n) is 3.79. The van der Waals surface area contributed by atoms with E-state index in [2.05, 4.69) is 21.9 Å². The second kappa shape index (κ2) is 5.21. The predicted molar refractivity (Wildman–Crippen MR) is 65.6 cm³/mol. The zero-order valence-corrected chi connectivity index (χ0v) is 9.98. The van der Waals surface area contributed by atoms with Crippen molar-refractivity contribution in [3.05, 3.63) is 30.2 Å². The molecule has 2 aromatic heterocycles. The van der Waals surface area contributed by atoms with E-state index in [9.17, 15) is 0 Å². The molecule has 0 aliphatic rings. The maximum atomic E-state index is 6.19. The van der Waals surface area contributed by atoms with Crippen molar-refractivity contribution in [3.63, 3.8) is 0 Å². The van der Waals surface area contributed by atoms with Crippen LogP contribution in [0.15, 0.2) is 24.5 Å². The standard InChI is InChI=1S/C12H14ClN3/c1-2-3-9(13)8-10-4-5-11-12(16-10)15-7-6-14-11/h4-7,9H,2-3,8H2,1H3. The van der Waals surface area contributed by atoms with Crippen LogP contribution in [0.4, 0.5) is 0 Å². The minimum absolute atomic E-state index is 0.159. The maximum absolute atomic E-state index is 6.19. The van der Waals surface area contributed by atoms with Crippen LogP contribution in [0.1, 0.15) is 25.5 Å². The lowest BCUT2D eigenvalue weighted by Crippen LogP contribution is -2.04. The van der Waals surface area contributed by atoms with E-state index in [1.54, 1.807) is 12.4 Å². The van der Waals surface area contributed by atoms with Gasteiger partial charge in [0.05, 0.1) is 0 Å². The van der Waals surface area contributed by atoms with Crippen molar-refractivity contribution in [1.29, 1.82) is 0 Å². The van der Waals surface area contributed by atoms with Crippen LogP contribution in [0.5, 0.6) is 0 Å². The molecule has 0 saturated carbocycles. The number of halogens is 1. The molecule has 0 aliphatic carbocycles. The topological polar surface area (TPSA) is 38.7 Å². The van der Waals surface area contributed by atoms with Crippen molar-refractivity contribution in [2.75, 3.05) is 0 Å². The second-order valence-corrected chi connectivity index (χ2v) is 4.41. The van der Waals surface area contributed by atoms with Crippen molar-refractivity contribution in [1.82, 2.24) is 15.0 Å². The molecule has 0 radical (unpaired) electrons. The van der Waals surface area contributed by atoms with Gasteiger partial charge in [0.2, 0.25) is 0 Å². The molecule has 0 aliphatic heterocycles. The molecular weight excluding hydrogens is 222 g/mol. The Morgan fingerprint density at radius 2 is 2.06 bits per heavy atom. The number of nitrogens with zero attached hydrogens (tertiary/aromatic N) is 3. The maximum Gasteiger partial charge on any atom is 0.178 e. The van der Waals surface area contributed by atoms with Crippen molar-refractivity contribution in [3.8, 4) is 0 Å². The minimum atomic E-state index is 0.159. The Morgan fingerprint density at radius 3 is 2.88 bits per heavy atom. The Morgan fingerprint density at radius 1 is 1.25 bits per heavy atom. The lowest BCUT2D eigenvalue weighted by atomic mass is 10.1. The van der Waals surface area contributed by atoms with Gasteiger partial charge in [0, 0.05) is 29.9 Å². The Hall–Kier alpha value is -1.22. The molecule has 84 valence electrons.